The quantitative estimate of drug-likeness (QED) is 0.0700. The van der Waals surface area contributed by atoms with Crippen molar-refractivity contribution in [3.63, 3.8) is 0 Å². The van der Waals surface area contributed by atoms with E-state index >= 15 is 0 Å². The third kappa shape index (κ3) is 9.40. The number of methoxy groups -OCH3 is 2. The topological polar surface area (TPSA) is 96.8 Å². The molecule has 0 unspecified atom stereocenters. The molecule has 8 heteroatoms. The van der Waals surface area contributed by atoms with Crippen molar-refractivity contribution < 1.29 is 28.5 Å². The number of carbonyl (C=O) groups is 2. The fourth-order valence-electron chi connectivity index (χ4n) is 6.37. The molecule has 4 aromatic rings. The van der Waals surface area contributed by atoms with Gasteiger partial charge in [-0.1, -0.05) is 75.7 Å². The number of benzene rings is 3. The Hall–Kier alpha value is -4.92. The Labute approximate surface area is 295 Å². The Bertz CT molecular complexity index is 1770. The first kappa shape index (κ1) is 36.4. The number of hydrogen-bond donors (Lipinski definition) is 0. The van der Waals surface area contributed by atoms with Gasteiger partial charge in [-0.25, -0.2) is 19.6 Å². The Morgan fingerprint density at radius 2 is 1.22 bits per heavy atom. The molecule has 1 aliphatic rings. The summed E-state index contributed by atoms with van der Waals surface area (Å²) < 4.78 is 21.1. The van der Waals surface area contributed by atoms with Crippen LogP contribution < -0.4 is 9.47 Å². The molecule has 1 aliphatic carbocycles. The SMILES string of the molecule is C=C(COC)C(=O)Oc1ccc(-c2ccc(-c3ccc(OC(=O)C(=C)COC)cc3-c3ncc(C4CCC(CCCC)CC4)cn3)cc2)cc1. The fourth-order valence-corrected chi connectivity index (χ4v) is 6.37. The van der Waals surface area contributed by atoms with Gasteiger partial charge in [-0.05, 0) is 95.7 Å². The van der Waals surface area contributed by atoms with E-state index in [4.69, 9.17) is 28.9 Å². The number of esters is 2. The molecule has 260 valence electrons. The number of rotatable bonds is 15. The number of carbonyl (C=O) groups excluding carboxylic acids is 2. The number of ether oxygens (including phenoxy) is 4. The van der Waals surface area contributed by atoms with Gasteiger partial charge < -0.3 is 18.9 Å². The lowest BCUT2D eigenvalue weighted by molar-refractivity contribution is -0.131. The summed E-state index contributed by atoms with van der Waals surface area (Å²) in [6.07, 6.45) is 12.7. The van der Waals surface area contributed by atoms with Crippen molar-refractivity contribution in [1.29, 1.82) is 0 Å². The molecule has 8 nitrogen and oxygen atoms in total. The monoisotopic (exact) mass is 674 g/mol. The maximum atomic E-state index is 12.6. The first-order valence-corrected chi connectivity index (χ1v) is 17.2. The van der Waals surface area contributed by atoms with E-state index in [2.05, 4.69) is 20.1 Å². The highest BCUT2D eigenvalue weighted by atomic mass is 16.5. The molecular formula is C42H46N2O6. The minimum atomic E-state index is -0.554. The molecule has 0 atom stereocenters. The van der Waals surface area contributed by atoms with Crippen molar-refractivity contribution in [2.75, 3.05) is 27.4 Å². The van der Waals surface area contributed by atoms with Crippen LogP contribution in [0.2, 0.25) is 0 Å². The first-order valence-electron chi connectivity index (χ1n) is 17.2. The van der Waals surface area contributed by atoms with Crippen LogP contribution in [-0.4, -0.2) is 49.3 Å². The van der Waals surface area contributed by atoms with Crippen LogP contribution in [0.3, 0.4) is 0 Å². The minimum Gasteiger partial charge on any atom is -0.423 e. The van der Waals surface area contributed by atoms with Crippen molar-refractivity contribution in [3.05, 3.63) is 109 Å². The summed E-state index contributed by atoms with van der Waals surface area (Å²) in [5, 5.41) is 0. The minimum absolute atomic E-state index is 0.0826. The maximum absolute atomic E-state index is 12.6. The van der Waals surface area contributed by atoms with Gasteiger partial charge in [0.15, 0.2) is 5.82 Å². The lowest BCUT2D eigenvalue weighted by atomic mass is 9.78. The Kier molecular flexibility index (Phi) is 12.8. The number of unbranched alkanes of at least 4 members (excludes halogenated alkanes) is 1. The van der Waals surface area contributed by atoms with Crippen LogP contribution >= 0.6 is 0 Å². The molecule has 1 aromatic heterocycles. The second-order valence-corrected chi connectivity index (χ2v) is 12.9. The van der Waals surface area contributed by atoms with Crippen LogP contribution in [-0.2, 0) is 19.1 Å². The molecule has 0 amide bonds. The fraction of sp³-hybridized carbons (Fsp3) is 0.333. The second-order valence-electron chi connectivity index (χ2n) is 12.9. The van der Waals surface area contributed by atoms with Crippen LogP contribution in [0.25, 0.3) is 33.6 Å². The Morgan fingerprint density at radius 1 is 0.700 bits per heavy atom. The predicted molar refractivity (Wildman–Crippen MR) is 196 cm³/mol. The van der Waals surface area contributed by atoms with Gasteiger partial charge in [0.2, 0.25) is 0 Å². The zero-order chi connectivity index (χ0) is 35.5. The summed E-state index contributed by atoms with van der Waals surface area (Å²) >= 11 is 0. The zero-order valence-electron chi connectivity index (χ0n) is 29.3. The first-order chi connectivity index (χ1) is 24.3. The smallest absolute Gasteiger partial charge is 0.341 e. The van der Waals surface area contributed by atoms with Crippen molar-refractivity contribution in [1.82, 2.24) is 9.97 Å². The molecular weight excluding hydrogens is 628 g/mol. The van der Waals surface area contributed by atoms with Crippen LogP contribution in [0.1, 0.15) is 63.4 Å². The van der Waals surface area contributed by atoms with Gasteiger partial charge in [-0.15, -0.1) is 0 Å². The molecule has 0 spiro atoms. The van der Waals surface area contributed by atoms with E-state index in [1.165, 1.54) is 64.7 Å². The van der Waals surface area contributed by atoms with Crippen LogP contribution in [0.5, 0.6) is 11.5 Å². The molecule has 5 rings (SSSR count). The highest BCUT2D eigenvalue weighted by Crippen LogP contribution is 2.39. The van der Waals surface area contributed by atoms with Crippen molar-refractivity contribution in [3.8, 4) is 45.1 Å². The molecule has 1 saturated carbocycles. The molecule has 1 fully saturated rings. The average molecular weight is 675 g/mol. The molecule has 0 bridgehead atoms. The summed E-state index contributed by atoms with van der Waals surface area (Å²) in [5.41, 5.74) is 6.19. The summed E-state index contributed by atoms with van der Waals surface area (Å²) in [6, 6.07) is 20.9. The van der Waals surface area contributed by atoms with Gasteiger partial charge >= 0.3 is 11.9 Å². The Balaban J connectivity index is 1.37. The number of aromatic nitrogens is 2. The molecule has 50 heavy (non-hydrogen) atoms. The number of nitrogens with zero attached hydrogens (tertiary/aromatic N) is 2. The van der Waals surface area contributed by atoms with E-state index in [-0.39, 0.29) is 24.4 Å². The molecule has 1 heterocycles. The molecule has 3 aromatic carbocycles. The van der Waals surface area contributed by atoms with Gasteiger partial charge in [0.1, 0.15) is 11.5 Å². The van der Waals surface area contributed by atoms with E-state index in [9.17, 15) is 9.59 Å². The van der Waals surface area contributed by atoms with Crippen molar-refractivity contribution >= 4 is 11.9 Å². The molecule has 0 N–H and O–H groups in total. The van der Waals surface area contributed by atoms with E-state index < -0.39 is 11.9 Å². The standard InChI is InChI=1S/C42H46N2O6/c1-6-7-8-30-9-11-33(12-10-30)35-24-43-40(44-25-35)39-23-37(50-42(46)29(3)27-48-5)21-22-38(39)34-15-13-31(14-16-34)32-17-19-36(20-18-32)49-41(45)28(2)26-47-4/h13-25,30,33H,2-3,6-12,26-27H2,1,4-5H3. The summed E-state index contributed by atoms with van der Waals surface area (Å²) in [4.78, 5) is 34.5. The summed E-state index contributed by atoms with van der Waals surface area (Å²) in [7, 11) is 3.00. The molecule has 0 aliphatic heterocycles. The molecule has 0 radical (unpaired) electrons. The molecule has 0 saturated heterocycles. The van der Waals surface area contributed by atoms with Crippen LogP contribution in [0, 0.1) is 5.92 Å². The van der Waals surface area contributed by atoms with Gasteiger partial charge in [0.25, 0.3) is 0 Å². The zero-order valence-corrected chi connectivity index (χ0v) is 29.3. The summed E-state index contributed by atoms with van der Waals surface area (Å²) in [6.45, 7) is 9.91. The largest absolute Gasteiger partial charge is 0.423 e. The van der Waals surface area contributed by atoms with Crippen LogP contribution in [0.15, 0.2) is 103 Å². The van der Waals surface area contributed by atoms with E-state index in [0.29, 0.717) is 23.2 Å². The normalized spacial score (nSPS) is 15.7. The van der Waals surface area contributed by atoms with E-state index in [0.717, 1.165) is 33.7 Å². The predicted octanol–water partition coefficient (Wildman–Crippen LogP) is 9.16. The highest BCUT2D eigenvalue weighted by molar-refractivity contribution is 5.91. The lowest BCUT2D eigenvalue weighted by Gasteiger charge is -2.28. The third-order valence-electron chi connectivity index (χ3n) is 9.21. The van der Waals surface area contributed by atoms with Gasteiger partial charge in [0, 0.05) is 32.2 Å². The summed E-state index contributed by atoms with van der Waals surface area (Å²) in [5.74, 6) is 1.58. The number of hydrogen-bond acceptors (Lipinski definition) is 8. The third-order valence-corrected chi connectivity index (χ3v) is 9.21. The van der Waals surface area contributed by atoms with E-state index in [1.807, 2.05) is 54.9 Å². The lowest BCUT2D eigenvalue weighted by Crippen LogP contribution is -2.14. The van der Waals surface area contributed by atoms with Gasteiger partial charge in [0.05, 0.1) is 24.4 Å². The second kappa shape index (κ2) is 17.7. The van der Waals surface area contributed by atoms with Crippen molar-refractivity contribution in [2.45, 2.75) is 57.8 Å². The van der Waals surface area contributed by atoms with E-state index in [1.54, 1.807) is 24.3 Å². The highest BCUT2D eigenvalue weighted by Gasteiger charge is 2.23. The maximum Gasteiger partial charge on any atom is 0.341 e. The van der Waals surface area contributed by atoms with Gasteiger partial charge in [-0.3, -0.25) is 0 Å². The van der Waals surface area contributed by atoms with Crippen LogP contribution in [0.4, 0.5) is 0 Å². The van der Waals surface area contributed by atoms with Crippen molar-refractivity contribution in [2.24, 2.45) is 5.92 Å². The Morgan fingerprint density at radius 3 is 1.78 bits per heavy atom. The average Bonchev–Trinajstić information content (AvgIpc) is 3.15. The van der Waals surface area contributed by atoms with Gasteiger partial charge in [-0.2, -0.15) is 0 Å².